The smallest absolute Gasteiger partial charge is 0.224 e. The van der Waals surface area contributed by atoms with Crippen molar-refractivity contribution in [2.45, 2.75) is 75.1 Å². The van der Waals surface area contributed by atoms with E-state index in [1.165, 1.54) is 11.1 Å². The number of carbonyl (C=O) groups is 1. The zero-order chi connectivity index (χ0) is 17.4. The molecule has 0 unspecified atom stereocenters. The van der Waals surface area contributed by atoms with Crippen molar-refractivity contribution in [3.63, 3.8) is 0 Å². The largest absolute Gasteiger partial charge is 0.333 e. The molecule has 0 aromatic heterocycles. The van der Waals surface area contributed by atoms with Crippen LogP contribution < -0.4 is 0 Å². The molecule has 5 heteroatoms. The summed E-state index contributed by atoms with van der Waals surface area (Å²) < 4.78 is 25.0. The Hall–Kier alpha value is -1.36. The van der Waals surface area contributed by atoms with Crippen LogP contribution in [0.4, 0.5) is 0 Å². The molecule has 2 fully saturated rings. The lowest BCUT2D eigenvalue weighted by atomic mass is 10.1. The molecule has 0 N–H and O–H groups in total. The third kappa shape index (κ3) is 3.48. The first-order valence-corrected chi connectivity index (χ1v) is 11.4. The number of nitrogens with zero attached hydrogens (tertiary/aromatic N) is 1. The summed E-state index contributed by atoms with van der Waals surface area (Å²) in [5.41, 5.74) is 2.60. The van der Waals surface area contributed by atoms with E-state index in [2.05, 4.69) is 18.2 Å². The fourth-order valence-corrected chi connectivity index (χ4v) is 6.43. The normalized spacial score (nSPS) is 23.6. The Bertz CT molecular complexity index is 748. The highest BCUT2D eigenvalue weighted by Gasteiger charge is 2.40. The predicted octanol–water partition coefficient (Wildman–Crippen LogP) is 3.41. The average Bonchev–Trinajstić information content (AvgIpc) is 3.11. The van der Waals surface area contributed by atoms with Gasteiger partial charge in [-0.25, -0.2) is 8.42 Å². The first kappa shape index (κ1) is 17.1. The highest BCUT2D eigenvalue weighted by Crippen LogP contribution is 2.42. The molecule has 4 rings (SSSR count). The summed E-state index contributed by atoms with van der Waals surface area (Å²) in [5.74, 6) is 0.0550. The second-order valence-electron chi connectivity index (χ2n) is 7.81. The lowest BCUT2D eigenvalue weighted by Crippen LogP contribution is -2.37. The molecular weight excluding hydrogens is 334 g/mol. The third-order valence-electron chi connectivity index (χ3n) is 6.08. The van der Waals surface area contributed by atoms with Crippen molar-refractivity contribution in [3.8, 4) is 0 Å². The van der Waals surface area contributed by atoms with Crippen molar-refractivity contribution in [1.29, 1.82) is 0 Å². The zero-order valence-electron chi connectivity index (χ0n) is 14.7. The Morgan fingerprint density at radius 2 is 1.76 bits per heavy atom. The monoisotopic (exact) mass is 361 g/mol. The van der Waals surface area contributed by atoms with Crippen LogP contribution in [-0.2, 0) is 21.1 Å². The number of carbonyl (C=O) groups excluding carboxylic acids is 1. The van der Waals surface area contributed by atoms with Gasteiger partial charge in [0.1, 0.15) is 0 Å². The van der Waals surface area contributed by atoms with Crippen LogP contribution in [0.3, 0.4) is 0 Å². The molecular formula is C20H27NO3S. The van der Waals surface area contributed by atoms with Crippen molar-refractivity contribution < 1.29 is 13.2 Å². The van der Waals surface area contributed by atoms with E-state index in [9.17, 15) is 13.2 Å². The highest BCUT2D eigenvalue weighted by atomic mass is 32.2. The molecule has 0 heterocycles. The number of hydrogen-bond donors (Lipinski definition) is 0. The molecule has 0 radical (unpaired) electrons. The fraction of sp³-hybridized carbons (Fsp3) is 0.650. The Morgan fingerprint density at radius 3 is 2.48 bits per heavy atom. The highest BCUT2D eigenvalue weighted by molar-refractivity contribution is 7.92. The van der Waals surface area contributed by atoms with Crippen LogP contribution in [0, 0.1) is 0 Å². The van der Waals surface area contributed by atoms with Crippen LogP contribution in [0.15, 0.2) is 24.3 Å². The standard InChI is InChI=1S/C20H27NO3S/c22-20(13-14-25(23,24)17-6-2-3-7-17)21(16-10-11-16)19-12-9-15-5-1-4-8-18(15)19/h1,4-5,8,16-17,19H,2-3,6-7,9-14H2/t19-/m0/s1. The van der Waals surface area contributed by atoms with Gasteiger partial charge in [0, 0.05) is 12.5 Å². The van der Waals surface area contributed by atoms with Gasteiger partial charge in [-0.15, -0.1) is 0 Å². The van der Waals surface area contributed by atoms with Gasteiger partial charge in [0.25, 0.3) is 0 Å². The molecule has 0 aliphatic heterocycles. The second kappa shape index (κ2) is 6.75. The number of rotatable bonds is 6. The number of sulfone groups is 1. The zero-order valence-corrected chi connectivity index (χ0v) is 15.5. The molecule has 0 saturated heterocycles. The van der Waals surface area contributed by atoms with Gasteiger partial charge in [0.2, 0.25) is 5.91 Å². The summed E-state index contributed by atoms with van der Waals surface area (Å²) >= 11 is 0. The quantitative estimate of drug-likeness (QED) is 0.780. The van der Waals surface area contributed by atoms with E-state index in [1.807, 2.05) is 11.0 Å². The van der Waals surface area contributed by atoms with Gasteiger partial charge >= 0.3 is 0 Å². The van der Waals surface area contributed by atoms with E-state index in [0.717, 1.165) is 51.4 Å². The maximum Gasteiger partial charge on any atom is 0.224 e. The lowest BCUT2D eigenvalue weighted by Gasteiger charge is -2.30. The van der Waals surface area contributed by atoms with Crippen molar-refractivity contribution in [1.82, 2.24) is 4.90 Å². The molecule has 136 valence electrons. The van der Waals surface area contributed by atoms with Gasteiger partial charge in [-0.1, -0.05) is 37.1 Å². The van der Waals surface area contributed by atoms with Crippen LogP contribution in [0.5, 0.6) is 0 Å². The van der Waals surface area contributed by atoms with Crippen LogP contribution in [-0.4, -0.2) is 36.3 Å². The summed E-state index contributed by atoms with van der Waals surface area (Å²) in [6, 6.07) is 8.83. The van der Waals surface area contributed by atoms with Crippen molar-refractivity contribution in [2.24, 2.45) is 0 Å². The first-order chi connectivity index (χ1) is 12.1. The number of benzene rings is 1. The fourth-order valence-electron chi connectivity index (χ4n) is 4.58. The van der Waals surface area contributed by atoms with Gasteiger partial charge < -0.3 is 4.90 Å². The van der Waals surface area contributed by atoms with Crippen molar-refractivity contribution in [3.05, 3.63) is 35.4 Å². The summed E-state index contributed by atoms with van der Waals surface area (Å²) in [6.45, 7) is 0. The van der Waals surface area contributed by atoms with E-state index >= 15 is 0 Å². The van der Waals surface area contributed by atoms with Gasteiger partial charge in [0.15, 0.2) is 9.84 Å². The van der Waals surface area contributed by atoms with E-state index in [1.54, 1.807) is 0 Å². The summed E-state index contributed by atoms with van der Waals surface area (Å²) in [4.78, 5) is 15.0. The van der Waals surface area contributed by atoms with E-state index < -0.39 is 9.84 Å². The predicted molar refractivity (Wildman–Crippen MR) is 98.0 cm³/mol. The Morgan fingerprint density at radius 1 is 1.04 bits per heavy atom. The molecule has 1 aromatic carbocycles. The minimum atomic E-state index is -3.13. The molecule has 25 heavy (non-hydrogen) atoms. The van der Waals surface area contributed by atoms with E-state index in [4.69, 9.17) is 0 Å². The molecule has 0 bridgehead atoms. The van der Waals surface area contributed by atoms with Crippen LogP contribution in [0.1, 0.15) is 68.5 Å². The molecule has 0 spiro atoms. The lowest BCUT2D eigenvalue weighted by molar-refractivity contribution is -0.134. The summed E-state index contributed by atoms with van der Waals surface area (Å²) in [5, 5.41) is -0.207. The maximum absolute atomic E-state index is 12.9. The molecule has 3 aliphatic rings. The summed E-state index contributed by atoms with van der Waals surface area (Å²) in [6.07, 6.45) is 7.80. The van der Waals surface area contributed by atoms with Crippen LogP contribution >= 0.6 is 0 Å². The Kier molecular flexibility index (Phi) is 4.61. The maximum atomic E-state index is 12.9. The van der Waals surface area contributed by atoms with Gasteiger partial charge in [-0.3, -0.25) is 4.79 Å². The van der Waals surface area contributed by atoms with E-state index in [-0.39, 0.29) is 29.4 Å². The van der Waals surface area contributed by atoms with Gasteiger partial charge in [-0.2, -0.15) is 0 Å². The van der Waals surface area contributed by atoms with Gasteiger partial charge in [-0.05, 0) is 49.7 Å². The number of amides is 1. The molecule has 2 saturated carbocycles. The Labute approximate surface area is 150 Å². The van der Waals surface area contributed by atoms with Crippen molar-refractivity contribution >= 4 is 15.7 Å². The molecule has 1 amide bonds. The van der Waals surface area contributed by atoms with Gasteiger partial charge in [0.05, 0.1) is 17.0 Å². The summed E-state index contributed by atoms with van der Waals surface area (Å²) in [7, 11) is -3.13. The molecule has 1 aromatic rings. The van der Waals surface area contributed by atoms with E-state index in [0.29, 0.717) is 6.04 Å². The minimum Gasteiger partial charge on any atom is -0.333 e. The average molecular weight is 362 g/mol. The molecule has 3 aliphatic carbocycles. The molecule has 4 nitrogen and oxygen atoms in total. The number of hydrogen-bond acceptors (Lipinski definition) is 3. The number of fused-ring (bicyclic) bond motifs is 1. The van der Waals surface area contributed by atoms with Crippen molar-refractivity contribution in [2.75, 3.05) is 5.75 Å². The second-order valence-corrected chi connectivity index (χ2v) is 10.2. The third-order valence-corrected chi connectivity index (χ3v) is 8.34. The van der Waals surface area contributed by atoms with Crippen LogP contribution in [0.25, 0.3) is 0 Å². The Balaban J connectivity index is 1.46. The number of aryl methyl sites for hydroxylation is 1. The van der Waals surface area contributed by atoms with Crippen LogP contribution in [0.2, 0.25) is 0 Å². The molecule has 1 atom stereocenters. The SMILES string of the molecule is O=C(CCS(=O)(=O)C1CCCC1)N(C1CC1)[C@H]1CCc2ccccc21. The topological polar surface area (TPSA) is 54.5 Å². The first-order valence-electron chi connectivity index (χ1n) is 9.67. The minimum absolute atomic E-state index is 0.0219.